The number of hydrogen-bond donors (Lipinski definition) is 2. The average Bonchev–Trinajstić information content (AvgIpc) is 2.57. The molecule has 4 aromatic rings. The Bertz CT molecular complexity index is 835. The summed E-state index contributed by atoms with van der Waals surface area (Å²) >= 11 is 0. The lowest BCUT2D eigenvalue weighted by Crippen LogP contribution is -3.00. The molecule has 4 heteroatoms. The Labute approximate surface area is 153 Å². The van der Waals surface area contributed by atoms with Crippen molar-refractivity contribution in [2.45, 2.75) is 0 Å². The van der Waals surface area contributed by atoms with E-state index in [1.54, 1.807) is 12.1 Å². The molecule has 0 unspecified atom stereocenters. The Morgan fingerprint density at radius 2 is 0.750 bits per heavy atom. The summed E-state index contributed by atoms with van der Waals surface area (Å²) in [6, 6.07) is 26.6. The topological polar surface area (TPSA) is 40.5 Å². The molecule has 4 rings (SSSR count). The summed E-state index contributed by atoms with van der Waals surface area (Å²) in [5.74, 6) is 0.700. The predicted octanol–water partition coefficient (Wildman–Crippen LogP) is -0.901. The Kier molecular flexibility index (Phi) is 7.37. The van der Waals surface area contributed by atoms with E-state index in [2.05, 4.69) is 0 Å². The molecular formula is C20H16Cl2O2-2. The van der Waals surface area contributed by atoms with Crippen LogP contribution in [0, 0.1) is 0 Å². The van der Waals surface area contributed by atoms with Crippen molar-refractivity contribution in [1.29, 1.82) is 0 Å². The van der Waals surface area contributed by atoms with Crippen LogP contribution in [0.5, 0.6) is 11.5 Å². The summed E-state index contributed by atoms with van der Waals surface area (Å²) in [6.07, 6.45) is 0. The summed E-state index contributed by atoms with van der Waals surface area (Å²) in [4.78, 5) is 0. The van der Waals surface area contributed by atoms with E-state index in [1.165, 1.54) is 0 Å². The molecule has 2 N–H and O–H groups in total. The number of aromatic hydroxyl groups is 2. The van der Waals surface area contributed by atoms with Gasteiger partial charge < -0.3 is 35.0 Å². The van der Waals surface area contributed by atoms with Crippen LogP contribution in [-0.4, -0.2) is 10.2 Å². The molecule has 0 aliphatic rings. The number of hydrogen-bond acceptors (Lipinski definition) is 2. The van der Waals surface area contributed by atoms with E-state index in [9.17, 15) is 10.2 Å². The van der Waals surface area contributed by atoms with E-state index in [4.69, 9.17) is 0 Å². The van der Waals surface area contributed by atoms with Gasteiger partial charge in [-0.1, -0.05) is 72.8 Å². The number of benzene rings is 4. The normalized spacial score (nSPS) is 9.33. The van der Waals surface area contributed by atoms with E-state index >= 15 is 0 Å². The van der Waals surface area contributed by atoms with Crippen LogP contribution in [0.4, 0.5) is 0 Å². The molecule has 0 radical (unpaired) electrons. The zero-order valence-electron chi connectivity index (χ0n) is 12.7. The third-order valence-corrected chi connectivity index (χ3v) is 3.53. The third kappa shape index (κ3) is 4.31. The maximum atomic E-state index is 9.37. The number of fused-ring (bicyclic) bond motifs is 2. The minimum Gasteiger partial charge on any atom is -1.00 e. The molecule has 0 fully saturated rings. The monoisotopic (exact) mass is 358 g/mol. The highest BCUT2D eigenvalue weighted by Gasteiger charge is 1.95. The van der Waals surface area contributed by atoms with Gasteiger partial charge in [-0.2, -0.15) is 0 Å². The van der Waals surface area contributed by atoms with Gasteiger partial charge in [0.05, 0.1) is 0 Å². The van der Waals surface area contributed by atoms with Crippen molar-refractivity contribution in [3.63, 3.8) is 0 Å². The van der Waals surface area contributed by atoms with Crippen molar-refractivity contribution >= 4 is 21.5 Å². The van der Waals surface area contributed by atoms with Crippen LogP contribution in [-0.2, 0) is 0 Å². The minimum atomic E-state index is 0. The van der Waals surface area contributed by atoms with Crippen LogP contribution in [0.15, 0.2) is 84.9 Å². The number of rotatable bonds is 0. The van der Waals surface area contributed by atoms with Crippen molar-refractivity contribution in [1.82, 2.24) is 0 Å². The first-order valence-electron chi connectivity index (χ1n) is 7.09. The van der Waals surface area contributed by atoms with E-state index in [1.807, 2.05) is 72.8 Å². The van der Waals surface area contributed by atoms with Gasteiger partial charge in [-0.3, -0.25) is 0 Å². The molecule has 0 aliphatic heterocycles. The first-order chi connectivity index (χ1) is 10.8. The largest absolute Gasteiger partial charge is 1.00 e. The molecule has 4 aromatic carbocycles. The molecule has 0 heterocycles. The first kappa shape index (κ1) is 19.6. The summed E-state index contributed by atoms with van der Waals surface area (Å²) in [5.41, 5.74) is 0. The van der Waals surface area contributed by atoms with Gasteiger partial charge >= 0.3 is 0 Å². The van der Waals surface area contributed by atoms with Gasteiger partial charge in [0.15, 0.2) is 0 Å². The van der Waals surface area contributed by atoms with Crippen molar-refractivity contribution < 1.29 is 35.0 Å². The van der Waals surface area contributed by atoms with E-state index in [0.717, 1.165) is 21.5 Å². The fraction of sp³-hybridized carbons (Fsp3) is 0. The lowest BCUT2D eigenvalue weighted by atomic mass is 10.1. The molecule has 124 valence electrons. The SMILES string of the molecule is Oc1cccc2ccccc12.Oc1cccc2ccccc12.[Cl-].[Cl-]. The Morgan fingerprint density at radius 3 is 1.12 bits per heavy atom. The molecule has 24 heavy (non-hydrogen) atoms. The lowest BCUT2D eigenvalue weighted by Gasteiger charge is -1.97. The molecule has 0 aromatic heterocycles. The van der Waals surface area contributed by atoms with Crippen LogP contribution >= 0.6 is 0 Å². The van der Waals surface area contributed by atoms with Gasteiger partial charge in [-0.25, -0.2) is 0 Å². The van der Waals surface area contributed by atoms with Gasteiger partial charge in [-0.05, 0) is 22.9 Å². The summed E-state index contributed by atoms with van der Waals surface area (Å²) in [5, 5.41) is 22.7. The number of phenolic OH excluding ortho intramolecular Hbond substituents is 2. The zero-order chi connectivity index (χ0) is 15.4. The summed E-state index contributed by atoms with van der Waals surface area (Å²) < 4.78 is 0. The zero-order valence-corrected chi connectivity index (χ0v) is 14.2. The quantitative estimate of drug-likeness (QED) is 0.427. The highest BCUT2D eigenvalue weighted by Crippen LogP contribution is 2.23. The van der Waals surface area contributed by atoms with Gasteiger partial charge in [-0.15, -0.1) is 0 Å². The van der Waals surface area contributed by atoms with Gasteiger partial charge in [0.1, 0.15) is 11.5 Å². The number of halogens is 2. The van der Waals surface area contributed by atoms with Crippen molar-refractivity contribution in [3.8, 4) is 11.5 Å². The maximum Gasteiger partial charge on any atom is 0.123 e. The van der Waals surface area contributed by atoms with E-state index < -0.39 is 0 Å². The predicted molar refractivity (Wildman–Crippen MR) is 91.2 cm³/mol. The summed E-state index contributed by atoms with van der Waals surface area (Å²) in [7, 11) is 0. The fourth-order valence-electron chi connectivity index (χ4n) is 2.42. The molecule has 0 aliphatic carbocycles. The Balaban J connectivity index is 0.000000222. The van der Waals surface area contributed by atoms with E-state index in [-0.39, 0.29) is 24.8 Å². The van der Waals surface area contributed by atoms with E-state index in [0.29, 0.717) is 11.5 Å². The van der Waals surface area contributed by atoms with Crippen molar-refractivity contribution in [2.24, 2.45) is 0 Å². The second kappa shape index (κ2) is 9.02. The highest BCUT2D eigenvalue weighted by molar-refractivity contribution is 5.88. The summed E-state index contributed by atoms with van der Waals surface area (Å²) in [6.45, 7) is 0. The van der Waals surface area contributed by atoms with Gasteiger partial charge in [0.2, 0.25) is 0 Å². The molecule has 0 bridgehead atoms. The first-order valence-corrected chi connectivity index (χ1v) is 7.09. The molecular weight excluding hydrogens is 343 g/mol. The standard InChI is InChI=1S/2C10H8O.2ClH/c2*11-10-7-3-5-8-4-1-2-6-9(8)10;;/h2*1-7,11H;2*1H/p-2. The van der Waals surface area contributed by atoms with Crippen LogP contribution < -0.4 is 24.8 Å². The van der Waals surface area contributed by atoms with Crippen LogP contribution in [0.2, 0.25) is 0 Å². The van der Waals surface area contributed by atoms with Crippen molar-refractivity contribution in [2.75, 3.05) is 0 Å². The van der Waals surface area contributed by atoms with Gasteiger partial charge in [0.25, 0.3) is 0 Å². The highest BCUT2D eigenvalue weighted by atomic mass is 35.5. The van der Waals surface area contributed by atoms with Crippen molar-refractivity contribution in [3.05, 3.63) is 84.9 Å². The molecule has 0 saturated carbocycles. The molecule has 0 spiro atoms. The third-order valence-electron chi connectivity index (χ3n) is 3.53. The van der Waals surface area contributed by atoms with Crippen LogP contribution in [0.3, 0.4) is 0 Å². The second-order valence-electron chi connectivity index (χ2n) is 5.00. The molecule has 2 nitrogen and oxygen atoms in total. The number of phenols is 2. The Hall–Kier alpha value is -2.42. The maximum absolute atomic E-state index is 9.37. The lowest BCUT2D eigenvalue weighted by molar-refractivity contribution is -0.001000. The average molecular weight is 359 g/mol. The Morgan fingerprint density at radius 1 is 0.417 bits per heavy atom. The minimum absolute atomic E-state index is 0. The fourth-order valence-corrected chi connectivity index (χ4v) is 2.42. The second-order valence-corrected chi connectivity index (χ2v) is 5.00. The van der Waals surface area contributed by atoms with Gasteiger partial charge in [0, 0.05) is 10.8 Å². The molecule has 0 amide bonds. The van der Waals surface area contributed by atoms with Crippen LogP contribution in [0.1, 0.15) is 0 Å². The smallest absolute Gasteiger partial charge is 0.123 e. The molecule has 0 saturated heterocycles. The molecule has 0 atom stereocenters. The van der Waals surface area contributed by atoms with Crippen LogP contribution in [0.25, 0.3) is 21.5 Å².